The van der Waals surface area contributed by atoms with Crippen molar-refractivity contribution < 1.29 is 9.21 Å². The molecule has 0 radical (unpaired) electrons. The summed E-state index contributed by atoms with van der Waals surface area (Å²) in [4.78, 5) is 10.6. The molecular formula is C8H11BrN2O2. The Bertz CT molecular complexity index is 298. The summed E-state index contributed by atoms with van der Waals surface area (Å²) in [7, 11) is 0. The molecule has 3 N–H and O–H groups in total. The highest BCUT2D eigenvalue weighted by atomic mass is 79.9. The van der Waals surface area contributed by atoms with E-state index in [0.717, 1.165) is 5.76 Å². The van der Waals surface area contributed by atoms with E-state index in [4.69, 9.17) is 10.2 Å². The molecule has 4 nitrogen and oxygen atoms in total. The van der Waals surface area contributed by atoms with Crippen LogP contribution in [0.3, 0.4) is 0 Å². The molecule has 0 aromatic carbocycles. The molecule has 72 valence electrons. The van der Waals surface area contributed by atoms with E-state index in [1.54, 1.807) is 13.0 Å². The molecule has 1 rings (SSSR count). The van der Waals surface area contributed by atoms with Crippen LogP contribution in [-0.4, -0.2) is 11.9 Å². The molecule has 1 atom stereocenters. The van der Waals surface area contributed by atoms with Gasteiger partial charge in [0, 0.05) is 0 Å². The van der Waals surface area contributed by atoms with Crippen LogP contribution in [0, 0.1) is 0 Å². The Morgan fingerprint density at radius 1 is 1.77 bits per heavy atom. The van der Waals surface area contributed by atoms with E-state index < -0.39 is 0 Å². The summed E-state index contributed by atoms with van der Waals surface area (Å²) in [5, 5.41) is 2.92. The van der Waals surface area contributed by atoms with E-state index in [1.807, 2.05) is 6.07 Å². The number of primary amides is 1. The fourth-order valence-electron chi connectivity index (χ4n) is 0.801. The molecule has 0 bridgehead atoms. The van der Waals surface area contributed by atoms with Crippen LogP contribution in [0.25, 0.3) is 0 Å². The van der Waals surface area contributed by atoms with Gasteiger partial charge in [0.25, 0.3) is 0 Å². The minimum absolute atomic E-state index is 0.344. The second kappa shape index (κ2) is 4.43. The molecule has 13 heavy (non-hydrogen) atoms. The second-order valence-electron chi connectivity index (χ2n) is 2.71. The van der Waals surface area contributed by atoms with Gasteiger partial charge in [0.1, 0.15) is 5.76 Å². The van der Waals surface area contributed by atoms with Crippen LogP contribution in [0.1, 0.15) is 12.7 Å². The maximum atomic E-state index is 10.6. The van der Waals surface area contributed by atoms with E-state index in [1.165, 1.54) is 0 Å². The molecule has 1 aromatic heterocycles. The van der Waals surface area contributed by atoms with Crippen LogP contribution in [0.2, 0.25) is 0 Å². The quantitative estimate of drug-likeness (QED) is 0.834. The molecule has 5 heteroatoms. The maximum Gasteiger partial charge on any atom is 0.234 e. The Kier molecular flexibility index (Phi) is 3.50. The normalized spacial score (nSPS) is 12.8. The predicted molar refractivity (Wildman–Crippen MR) is 51.9 cm³/mol. The lowest BCUT2D eigenvalue weighted by Crippen LogP contribution is -2.38. The third-order valence-electron chi connectivity index (χ3n) is 1.64. The molecule has 1 aromatic rings. The van der Waals surface area contributed by atoms with Gasteiger partial charge in [0.2, 0.25) is 5.91 Å². The van der Waals surface area contributed by atoms with E-state index in [9.17, 15) is 4.79 Å². The van der Waals surface area contributed by atoms with Gasteiger partial charge in [-0.3, -0.25) is 10.1 Å². The monoisotopic (exact) mass is 246 g/mol. The number of halogens is 1. The average Bonchev–Trinajstić information content (AvgIpc) is 2.47. The fraction of sp³-hybridized carbons (Fsp3) is 0.375. The third kappa shape index (κ3) is 3.20. The highest BCUT2D eigenvalue weighted by Gasteiger charge is 2.08. The number of hydrogen-bond acceptors (Lipinski definition) is 3. The van der Waals surface area contributed by atoms with Gasteiger partial charge in [-0.05, 0) is 35.0 Å². The molecule has 0 aliphatic carbocycles. The van der Waals surface area contributed by atoms with Crippen LogP contribution < -0.4 is 11.1 Å². The van der Waals surface area contributed by atoms with Crippen LogP contribution in [0.4, 0.5) is 0 Å². The summed E-state index contributed by atoms with van der Waals surface area (Å²) in [6.07, 6.45) is 0. The minimum Gasteiger partial charge on any atom is -0.453 e. The Hall–Kier alpha value is -0.810. The van der Waals surface area contributed by atoms with E-state index in [-0.39, 0.29) is 11.9 Å². The number of carbonyl (C=O) groups excluding carboxylic acids is 1. The van der Waals surface area contributed by atoms with E-state index >= 15 is 0 Å². The molecule has 0 fully saturated rings. The molecule has 0 aliphatic rings. The molecule has 1 amide bonds. The number of hydrogen-bond donors (Lipinski definition) is 2. The highest BCUT2D eigenvalue weighted by Crippen LogP contribution is 2.13. The van der Waals surface area contributed by atoms with Gasteiger partial charge in [-0.25, -0.2) is 0 Å². The van der Waals surface area contributed by atoms with Crippen LogP contribution in [-0.2, 0) is 11.3 Å². The number of rotatable bonds is 4. The van der Waals surface area contributed by atoms with Crippen molar-refractivity contribution in [1.29, 1.82) is 0 Å². The van der Waals surface area contributed by atoms with Gasteiger partial charge in [0.05, 0.1) is 12.6 Å². The molecular weight excluding hydrogens is 236 g/mol. The summed E-state index contributed by atoms with van der Waals surface area (Å²) < 4.78 is 5.89. The summed E-state index contributed by atoms with van der Waals surface area (Å²) in [5.41, 5.74) is 5.06. The lowest BCUT2D eigenvalue weighted by molar-refractivity contribution is -0.119. The molecule has 0 spiro atoms. The summed E-state index contributed by atoms with van der Waals surface area (Å²) in [5.74, 6) is 0.394. The zero-order valence-electron chi connectivity index (χ0n) is 7.21. The lowest BCUT2D eigenvalue weighted by atomic mass is 10.3. The highest BCUT2D eigenvalue weighted by molar-refractivity contribution is 9.10. The van der Waals surface area contributed by atoms with E-state index in [2.05, 4.69) is 21.2 Å². The SMILES string of the molecule is CC(NCc1ccc(Br)o1)C(N)=O. The van der Waals surface area contributed by atoms with Gasteiger partial charge in [-0.15, -0.1) is 0 Å². The lowest BCUT2D eigenvalue weighted by Gasteiger charge is -2.07. The van der Waals surface area contributed by atoms with Crippen LogP contribution >= 0.6 is 15.9 Å². The van der Waals surface area contributed by atoms with Gasteiger partial charge in [-0.2, -0.15) is 0 Å². The number of furan rings is 1. The van der Waals surface area contributed by atoms with Crippen molar-refractivity contribution in [2.75, 3.05) is 0 Å². The van der Waals surface area contributed by atoms with Crippen molar-refractivity contribution in [2.45, 2.75) is 19.5 Å². The van der Waals surface area contributed by atoms with Crippen molar-refractivity contribution in [2.24, 2.45) is 5.73 Å². The smallest absolute Gasteiger partial charge is 0.234 e. The van der Waals surface area contributed by atoms with Crippen LogP contribution in [0.15, 0.2) is 21.2 Å². The minimum atomic E-state index is -0.370. The first kappa shape index (κ1) is 10.3. The summed E-state index contributed by atoms with van der Waals surface area (Å²) in [6, 6.07) is 3.28. The van der Waals surface area contributed by atoms with Gasteiger partial charge >= 0.3 is 0 Å². The third-order valence-corrected chi connectivity index (χ3v) is 2.06. The Balaban J connectivity index is 2.39. The zero-order chi connectivity index (χ0) is 9.84. The first-order valence-corrected chi connectivity index (χ1v) is 4.66. The number of nitrogens with one attached hydrogen (secondary N) is 1. The Morgan fingerprint density at radius 2 is 2.46 bits per heavy atom. The van der Waals surface area contributed by atoms with Crippen molar-refractivity contribution in [3.05, 3.63) is 22.6 Å². The molecule has 1 unspecified atom stereocenters. The fourth-order valence-corrected chi connectivity index (χ4v) is 1.14. The van der Waals surface area contributed by atoms with Crippen LogP contribution in [0.5, 0.6) is 0 Å². The second-order valence-corrected chi connectivity index (χ2v) is 3.49. The zero-order valence-corrected chi connectivity index (χ0v) is 8.80. The largest absolute Gasteiger partial charge is 0.453 e. The van der Waals surface area contributed by atoms with Gasteiger partial charge in [0.15, 0.2) is 4.67 Å². The van der Waals surface area contributed by atoms with E-state index in [0.29, 0.717) is 11.2 Å². The predicted octanol–water partition coefficient (Wildman–Crippen LogP) is 1.01. The first-order chi connectivity index (χ1) is 6.09. The molecule has 0 saturated carbocycles. The van der Waals surface area contributed by atoms with Gasteiger partial charge < -0.3 is 10.2 Å². The standard InChI is InChI=1S/C8H11BrN2O2/c1-5(8(10)12)11-4-6-2-3-7(9)13-6/h2-3,5,11H,4H2,1H3,(H2,10,12). The van der Waals surface area contributed by atoms with Crippen molar-refractivity contribution in [3.8, 4) is 0 Å². The molecule has 0 saturated heterocycles. The first-order valence-electron chi connectivity index (χ1n) is 3.86. The molecule has 1 heterocycles. The Morgan fingerprint density at radius 3 is 2.92 bits per heavy atom. The van der Waals surface area contributed by atoms with Gasteiger partial charge in [-0.1, -0.05) is 0 Å². The van der Waals surface area contributed by atoms with Crippen molar-refractivity contribution in [3.63, 3.8) is 0 Å². The topological polar surface area (TPSA) is 68.3 Å². The number of amides is 1. The average molecular weight is 247 g/mol. The van der Waals surface area contributed by atoms with Crippen molar-refractivity contribution in [1.82, 2.24) is 5.32 Å². The summed E-state index contributed by atoms with van der Waals surface area (Å²) in [6.45, 7) is 2.20. The summed E-state index contributed by atoms with van der Waals surface area (Å²) >= 11 is 3.18. The number of carbonyl (C=O) groups is 1. The van der Waals surface area contributed by atoms with Crippen molar-refractivity contribution >= 4 is 21.8 Å². The Labute approximate surface area is 84.6 Å². The maximum absolute atomic E-state index is 10.6. The number of nitrogens with two attached hydrogens (primary N) is 1. The molecule has 0 aliphatic heterocycles.